The van der Waals surface area contributed by atoms with Crippen molar-refractivity contribution in [1.29, 1.82) is 0 Å². The van der Waals surface area contributed by atoms with E-state index in [0.717, 1.165) is 77.0 Å². The van der Waals surface area contributed by atoms with Gasteiger partial charge < -0.3 is 20.1 Å². The third-order valence-corrected chi connectivity index (χ3v) is 13.1. The molecule has 0 saturated carbocycles. The molecule has 0 heterocycles. The van der Waals surface area contributed by atoms with Gasteiger partial charge in [-0.1, -0.05) is 235 Å². The molecule has 396 valence electrons. The van der Waals surface area contributed by atoms with E-state index in [0.29, 0.717) is 6.42 Å². The van der Waals surface area contributed by atoms with Crippen molar-refractivity contribution in [3.63, 3.8) is 0 Å². The van der Waals surface area contributed by atoms with Crippen molar-refractivity contribution >= 4 is 19.8 Å². The Hall–Kier alpha value is -2.29. The van der Waals surface area contributed by atoms with Crippen molar-refractivity contribution in [3.05, 3.63) is 60.8 Å². The molecular formula is C58H106NO8P. The molecule has 0 rings (SSSR count). The summed E-state index contributed by atoms with van der Waals surface area (Å²) in [5, 5.41) is 0. The summed E-state index contributed by atoms with van der Waals surface area (Å²) in [4.78, 5) is 35.1. The molecule has 0 saturated heterocycles. The summed E-state index contributed by atoms with van der Waals surface area (Å²) < 4.78 is 33.0. The van der Waals surface area contributed by atoms with Crippen LogP contribution in [0.5, 0.6) is 0 Å². The molecule has 0 aliphatic heterocycles. The van der Waals surface area contributed by atoms with Gasteiger partial charge in [-0.25, -0.2) is 4.57 Å². The number of carbonyl (C=O) groups excluding carboxylic acids is 2. The zero-order valence-electron chi connectivity index (χ0n) is 44.1. The number of carbonyl (C=O) groups is 2. The second-order valence-corrected chi connectivity index (χ2v) is 20.2. The molecule has 0 amide bonds. The summed E-state index contributed by atoms with van der Waals surface area (Å²) in [5.41, 5.74) is 5.37. The summed E-state index contributed by atoms with van der Waals surface area (Å²) in [6.07, 6.45) is 67.2. The number of nitrogens with two attached hydrogens (primary N) is 1. The number of unbranched alkanes of at least 4 members (excludes halogenated alkanes) is 30. The van der Waals surface area contributed by atoms with Crippen LogP contribution in [0.3, 0.4) is 0 Å². The van der Waals surface area contributed by atoms with Crippen LogP contribution in [-0.2, 0) is 32.7 Å². The Morgan fingerprint density at radius 2 is 0.809 bits per heavy atom. The van der Waals surface area contributed by atoms with Crippen molar-refractivity contribution in [3.8, 4) is 0 Å². The maximum Gasteiger partial charge on any atom is 0.472 e. The molecule has 0 bridgehead atoms. The van der Waals surface area contributed by atoms with E-state index in [1.807, 2.05) is 0 Å². The van der Waals surface area contributed by atoms with Gasteiger partial charge in [0.15, 0.2) is 6.10 Å². The summed E-state index contributed by atoms with van der Waals surface area (Å²) in [5.74, 6) is -0.829. The normalized spacial score (nSPS) is 13.5. The highest BCUT2D eigenvalue weighted by Gasteiger charge is 2.26. The third kappa shape index (κ3) is 53.1. The van der Waals surface area contributed by atoms with Crippen molar-refractivity contribution < 1.29 is 37.6 Å². The largest absolute Gasteiger partial charge is 0.472 e. The van der Waals surface area contributed by atoms with E-state index in [9.17, 15) is 19.0 Å². The minimum Gasteiger partial charge on any atom is -0.462 e. The second kappa shape index (κ2) is 54.1. The van der Waals surface area contributed by atoms with Gasteiger partial charge in [0, 0.05) is 19.4 Å². The Balaban J connectivity index is 3.86. The fraction of sp³-hybridized carbons (Fsp3) is 0.793. The first-order chi connectivity index (χ1) is 33.3. The van der Waals surface area contributed by atoms with Gasteiger partial charge in [-0.05, 0) is 77.0 Å². The highest BCUT2D eigenvalue weighted by atomic mass is 31.2. The van der Waals surface area contributed by atoms with E-state index in [4.69, 9.17) is 24.3 Å². The van der Waals surface area contributed by atoms with Gasteiger partial charge in [-0.15, -0.1) is 0 Å². The number of hydrogen-bond donors (Lipinski definition) is 2. The number of ether oxygens (including phenoxy) is 2. The summed E-state index contributed by atoms with van der Waals surface area (Å²) in [6, 6.07) is 0. The van der Waals surface area contributed by atoms with E-state index >= 15 is 0 Å². The van der Waals surface area contributed by atoms with Crippen LogP contribution in [0.2, 0.25) is 0 Å². The zero-order valence-corrected chi connectivity index (χ0v) is 45.0. The first-order valence-electron chi connectivity index (χ1n) is 28.3. The van der Waals surface area contributed by atoms with E-state index in [1.165, 1.54) is 154 Å². The summed E-state index contributed by atoms with van der Waals surface area (Å²) in [7, 11) is -4.38. The molecule has 3 N–H and O–H groups in total. The van der Waals surface area contributed by atoms with Crippen LogP contribution in [0, 0.1) is 0 Å². The molecule has 10 heteroatoms. The maximum absolute atomic E-state index is 12.7. The number of allylic oxidation sites excluding steroid dienone is 10. The van der Waals surface area contributed by atoms with Crippen molar-refractivity contribution in [1.82, 2.24) is 0 Å². The lowest BCUT2D eigenvalue weighted by Gasteiger charge is -2.19. The molecule has 0 aromatic rings. The third-order valence-electron chi connectivity index (χ3n) is 12.1. The maximum atomic E-state index is 12.7. The lowest BCUT2D eigenvalue weighted by molar-refractivity contribution is -0.161. The molecule has 0 spiro atoms. The van der Waals surface area contributed by atoms with Crippen molar-refractivity contribution in [2.24, 2.45) is 5.73 Å². The molecular weight excluding hydrogens is 870 g/mol. The minimum atomic E-state index is -4.38. The van der Waals surface area contributed by atoms with Crippen LogP contribution in [-0.4, -0.2) is 49.3 Å². The van der Waals surface area contributed by atoms with Gasteiger partial charge in [0.05, 0.1) is 13.2 Å². The van der Waals surface area contributed by atoms with Gasteiger partial charge in [0.25, 0.3) is 0 Å². The molecule has 2 atom stereocenters. The number of hydrogen-bond acceptors (Lipinski definition) is 8. The number of rotatable bonds is 53. The molecule has 0 aliphatic carbocycles. The Kier molecular flexibility index (Phi) is 52.2. The van der Waals surface area contributed by atoms with E-state index in [2.05, 4.69) is 74.6 Å². The smallest absolute Gasteiger partial charge is 0.462 e. The summed E-state index contributed by atoms with van der Waals surface area (Å²) >= 11 is 0. The Morgan fingerprint density at radius 3 is 1.22 bits per heavy atom. The average Bonchev–Trinajstić information content (AvgIpc) is 3.33. The van der Waals surface area contributed by atoms with E-state index in [-0.39, 0.29) is 38.6 Å². The van der Waals surface area contributed by atoms with Crippen molar-refractivity contribution in [2.75, 3.05) is 26.4 Å². The van der Waals surface area contributed by atoms with Gasteiger partial charge >= 0.3 is 19.8 Å². The van der Waals surface area contributed by atoms with Crippen LogP contribution >= 0.6 is 7.82 Å². The molecule has 9 nitrogen and oxygen atoms in total. The van der Waals surface area contributed by atoms with E-state index < -0.39 is 26.5 Å². The van der Waals surface area contributed by atoms with Gasteiger partial charge in [-0.3, -0.25) is 18.6 Å². The molecule has 0 radical (unpaired) electrons. The van der Waals surface area contributed by atoms with Crippen LogP contribution in [0.15, 0.2) is 60.8 Å². The quantitative estimate of drug-likeness (QED) is 0.0264. The van der Waals surface area contributed by atoms with E-state index in [1.54, 1.807) is 0 Å². The number of phosphoric ester groups is 1. The van der Waals surface area contributed by atoms with Gasteiger partial charge in [-0.2, -0.15) is 0 Å². The molecule has 68 heavy (non-hydrogen) atoms. The fourth-order valence-corrected chi connectivity index (χ4v) is 8.74. The average molecular weight is 976 g/mol. The number of esters is 2. The highest BCUT2D eigenvalue weighted by molar-refractivity contribution is 7.47. The van der Waals surface area contributed by atoms with Crippen molar-refractivity contribution in [2.45, 2.75) is 270 Å². The topological polar surface area (TPSA) is 134 Å². The summed E-state index contributed by atoms with van der Waals surface area (Å²) in [6.45, 7) is 3.63. The minimum absolute atomic E-state index is 0.0525. The Morgan fingerprint density at radius 1 is 0.456 bits per heavy atom. The molecule has 0 fully saturated rings. The molecule has 0 aliphatic rings. The van der Waals surface area contributed by atoms with Crippen LogP contribution in [0.1, 0.15) is 264 Å². The monoisotopic (exact) mass is 976 g/mol. The van der Waals surface area contributed by atoms with Crippen LogP contribution in [0.4, 0.5) is 0 Å². The molecule has 0 aromatic heterocycles. The first kappa shape index (κ1) is 65.7. The Bertz CT molecular complexity index is 1300. The SMILES string of the molecule is CC/C=C\C/C=C\C/C=C\C/C=C\CCCCCCCCCCCCCCCCCCCCCCC(=O)OC(COC(=O)CCCCCCC/C=C\CCCCCCC)COP(=O)(O)OCCN. The van der Waals surface area contributed by atoms with Crippen LogP contribution in [0.25, 0.3) is 0 Å². The lowest BCUT2D eigenvalue weighted by atomic mass is 10.0. The number of phosphoric acid groups is 1. The fourth-order valence-electron chi connectivity index (χ4n) is 7.98. The van der Waals surface area contributed by atoms with Gasteiger partial charge in [0.1, 0.15) is 6.61 Å². The molecule has 0 aromatic carbocycles. The second-order valence-electron chi connectivity index (χ2n) is 18.8. The lowest BCUT2D eigenvalue weighted by Crippen LogP contribution is -2.29. The molecule has 2 unspecified atom stereocenters. The zero-order chi connectivity index (χ0) is 49.5. The highest BCUT2D eigenvalue weighted by Crippen LogP contribution is 2.43. The van der Waals surface area contributed by atoms with Gasteiger partial charge in [0.2, 0.25) is 0 Å². The predicted octanol–water partition coefficient (Wildman–Crippen LogP) is 17.6. The Labute approximate surface area is 419 Å². The standard InChI is InChI=1S/C58H106NO8P/c1-3-5-7-9-11-13-15-17-19-20-21-22-23-24-25-26-27-28-29-30-31-32-33-34-35-36-37-39-41-43-45-47-49-51-58(61)67-56(55-66-68(62,63)65-53-52-59)54-64-57(60)50-48-46-44-42-40-38-18-16-14-12-10-8-6-4-2/h5,7,11,13,16-19,21-22,56H,3-4,6,8-10,12,14-15,20,23-55,59H2,1-2H3,(H,62,63)/b7-5-,13-11-,18-16-,19-17-,22-21-. The van der Waals surface area contributed by atoms with Crippen LogP contribution < -0.4 is 5.73 Å². The predicted molar refractivity (Wildman–Crippen MR) is 289 cm³/mol. The first-order valence-corrected chi connectivity index (χ1v) is 29.8.